The molecule has 176 valence electrons. The molecular weight excluding hydrogens is 416 g/mol. The van der Waals surface area contributed by atoms with Crippen molar-refractivity contribution in [3.05, 3.63) is 64.7 Å². The lowest BCUT2D eigenvalue weighted by Gasteiger charge is -2.35. The van der Waals surface area contributed by atoms with Gasteiger partial charge < -0.3 is 15.5 Å². The summed E-state index contributed by atoms with van der Waals surface area (Å²) < 4.78 is 0. The second kappa shape index (κ2) is 11.1. The lowest BCUT2D eigenvalue weighted by atomic mass is 10.0. The van der Waals surface area contributed by atoms with Gasteiger partial charge in [-0.2, -0.15) is 0 Å². The van der Waals surface area contributed by atoms with E-state index >= 15 is 0 Å². The van der Waals surface area contributed by atoms with Crippen LogP contribution in [0.5, 0.6) is 0 Å². The Kier molecular flexibility index (Phi) is 8.22. The van der Waals surface area contributed by atoms with Gasteiger partial charge in [0.15, 0.2) is 0 Å². The second-order valence-electron chi connectivity index (χ2n) is 8.84. The molecule has 0 aliphatic carbocycles. The van der Waals surface area contributed by atoms with Gasteiger partial charge in [0.25, 0.3) is 0 Å². The van der Waals surface area contributed by atoms with Gasteiger partial charge in [-0.25, -0.2) is 0 Å². The molecule has 1 atom stereocenters. The largest absolute Gasteiger partial charge is 0.349 e. The summed E-state index contributed by atoms with van der Waals surface area (Å²) in [6, 6.07) is 13.5. The van der Waals surface area contributed by atoms with Crippen molar-refractivity contribution in [2.45, 2.75) is 40.2 Å². The van der Waals surface area contributed by atoms with Crippen molar-refractivity contribution in [2.75, 3.05) is 38.0 Å². The van der Waals surface area contributed by atoms with Crippen LogP contribution in [0.3, 0.4) is 0 Å². The number of amides is 3. The van der Waals surface area contributed by atoms with Crippen LogP contribution >= 0.6 is 0 Å². The predicted octanol–water partition coefficient (Wildman–Crippen LogP) is 2.96. The van der Waals surface area contributed by atoms with E-state index in [0.29, 0.717) is 32.7 Å². The summed E-state index contributed by atoms with van der Waals surface area (Å²) in [6.07, 6.45) is 0.218. The van der Waals surface area contributed by atoms with Gasteiger partial charge in [0.1, 0.15) is 0 Å². The molecule has 0 saturated carbocycles. The Morgan fingerprint density at radius 3 is 2.09 bits per heavy atom. The molecule has 33 heavy (non-hydrogen) atoms. The summed E-state index contributed by atoms with van der Waals surface area (Å²) in [6.45, 7) is 10.1. The molecule has 7 heteroatoms. The van der Waals surface area contributed by atoms with Gasteiger partial charge in [-0.3, -0.25) is 19.3 Å². The van der Waals surface area contributed by atoms with Crippen LogP contribution < -0.4 is 10.6 Å². The number of hydrogen-bond acceptors (Lipinski definition) is 4. The Morgan fingerprint density at radius 2 is 1.52 bits per heavy atom. The van der Waals surface area contributed by atoms with Gasteiger partial charge in [0.2, 0.25) is 17.7 Å². The van der Waals surface area contributed by atoms with E-state index in [0.717, 1.165) is 27.9 Å². The third-order valence-corrected chi connectivity index (χ3v) is 6.07. The molecule has 2 aromatic carbocycles. The van der Waals surface area contributed by atoms with E-state index in [1.807, 2.05) is 68.1 Å². The van der Waals surface area contributed by atoms with Crippen molar-refractivity contribution in [1.82, 2.24) is 15.1 Å². The van der Waals surface area contributed by atoms with Crippen molar-refractivity contribution in [1.29, 1.82) is 0 Å². The van der Waals surface area contributed by atoms with Crippen LogP contribution in [0.2, 0.25) is 0 Å². The first-order valence-electron chi connectivity index (χ1n) is 11.4. The fourth-order valence-electron chi connectivity index (χ4n) is 4.15. The Bertz CT molecular complexity index is 975. The molecule has 0 aromatic heterocycles. The van der Waals surface area contributed by atoms with Crippen LogP contribution in [0.15, 0.2) is 42.5 Å². The van der Waals surface area contributed by atoms with Crippen LogP contribution in [0, 0.1) is 20.8 Å². The molecule has 3 rings (SSSR count). The lowest BCUT2D eigenvalue weighted by Crippen LogP contribution is -2.51. The molecule has 0 bridgehead atoms. The number of nitrogens with one attached hydrogen (secondary N) is 2. The minimum absolute atomic E-state index is 0.00830. The summed E-state index contributed by atoms with van der Waals surface area (Å²) >= 11 is 0. The Balaban J connectivity index is 1.51. The maximum atomic E-state index is 13.0. The van der Waals surface area contributed by atoms with E-state index in [1.54, 1.807) is 0 Å². The number of anilines is 1. The zero-order valence-corrected chi connectivity index (χ0v) is 20.0. The summed E-state index contributed by atoms with van der Waals surface area (Å²) in [7, 11) is 0. The summed E-state index contributed by atoms with van der Waals surface area (Å²) in [5, 5.41) is 5.93. The van der Waals surface area contributed by atoms with Gasteiger partial charge in [-0.05, 0) is 37.5 Å². The predicted molar refractivity (Wildman–Crippen MR) is 130 cm³/mol. The third-order valence-electron chi connectivity index (χ3n) is 6.07. The maximum Gasteiger partial charge on any atom is 0.238 e. The SMILES string of the molecule is CC(=O)N[C@@H](CC(=O)N1CCN(CC(=O)Nc2c(C)cccc2C)CC1)c1ccc(C)cc1. The number of para-hydroxylation sites is 1. The van der Waals surface area contributed by atoms with Gasteiger partial charge in [0.05, 0.1) is 19.0 Å². The van der Waals surface area contributed by atoms with Crippen molar-refractivity contribution in [3.63, 3.8) is 0 Å². The molecule has 2 aromatic rings. The highest BCUT2D eigenvalue weighted by Gasteiger charge is 2.25. The number of hydrogen-bond donors (Lipinski definition) is 2. The topological polar surface area (TPSA) is 81.8 Å². The van der Waals surface area contributed by atoms with Crippen molar-refractivity contribution in [2.24, 2.45) is 0 Å². The Hall–Kier alpha value is -3.19. The highest BCUT2D eigenvalue weighted by molar-refractivity contribution is 5.93. The molecule has 7 nitrogen and oxygen atoms in total. The minimum atomic E-state index is -0.350. The van der Waals surface area contributed by atoms with Crippen LogP contribution in [0.25, 0.3) is 0 Å². The molecule has 0 unspecified atom stereocenters. The molecule has 1 fully saturated rings. The highest BCUT2D eigenvalue weighted by Crippen LogP contribution is 2.21. The zero-order chi connectivity index (χ0) is 24.0. The molecule has 2 N–H and O–H groups in total. The summed E-state index contributed by atoms with van der Waals surface area (Å²) in [5.74, 6) is -0.195. The van der Waals surface area contributed by atoms with Crippen LogP contribution in [-0.4, -0.2) is 60.2 Å². The Labute approximate surface area is 196 Å². The first kappa shape index (κ1) is 24.5. The molecule has 0 spiro atoms. The second-order valence-corrected chi connectivity index (χ2v) is 8.84. The van der Waals surface area contributed by atoms with E-state index < -0.39 is 0 Å². The van der Waals surface area contributed by atoms with E-state index in [2.05, 4.69) is 15.5 Å². The van der Waals surface area contributed by atoms with Gasteiger partial charge in [-0.1, -0.05) is 48.0 Å². The average Bonchev–Trinajstić information content (AvgIpc) is 2.76. The summed E-state index contributed by atoms with van der Waals surface area (Å²) in [4.78, 5) is 41.1. The van der Waals surface area contributed by atoms with Crippen LogP contribution in [0.1, 0.15) is 41.6 Å². The van der Waals surface area contributed by atoms with Gasteiger partial charge in [-0.15, -0.1) is 0 Å². The molecule has 1 aliphatic rings. The van der Waals surface area contributed by atoms with Crippen LogP contribution in [0.4, 0.5) is 5.69 Å². The van der Waals surface area contributed by atoms with E-state index in [1.165, 1.54) is 6.92 Å². The summed E-state index contributed by atoms with van der Waals surface area (Å²) in [5.41, 5.74) is 5.01. The monoisotopic (exact) mass is 450 g/mol. The van der Waals surface area contributed by atoms with E-state index in [9.17, 15) is 14.4 Å². The van der Waals surface area contributed by atoms with Crippen molar-refractivity contribution >= 4 is 23.4 Å². The molecule has 1 aliphatic heterocycles. The highest BCUT2D eigenvalue weighted by atomic mass is 16.2. The molecule has 1 heterocycles. The number of nitrogens with zero attached hydrogens (tertiary/aromatic N) is 2. The fourth-order valence-corrected chi connectivity index (χ4v) is 4.15. The number of rotatable bonds is 7. The number of benzene rings is 2. The minimum Gasteiger partial charge on any atom is -0.349 e. The quantitative estimate of drug-likeness (QED) is 0.680. The van der Waals surface area contributed by atoms with Crippen molar-refractivity contribution in [3.8, 4) is 0 Å². The number of carbonyl (C=O) groups is 3. The third kappa shape index (κ3) is 6.89. The fraction of sp³-hybridized carbons (Fsp3) is 0.423. The van der Waals surface area contributed by atoms with Crippen molar-refractivity contribution < 1.29 is 14.4 Å². The Morgan fingerprint density at radius 1 is 0.909 bits per heavy atom. The molecule has 3 amide bonds. The van der Waals surface area contributed by atoms with E-state index in [4.69, 9.17) is 0 Å². The first-order valence-corrected chi connectivity index (χ1v) is 11.4. The molecule has 0 radical (unpaired) electrons. The van der Waals surface area contributed by atoms with Gasteiger partial charge >= 0.3 is 0 Å². The zero-order valence-electron chi connectivity index (χ0n) is 20.0. The average molecular weight is 451 g/mol. The van der Waals surface area contributed by atoms with Crippen LogP contribution in [-0.2, 0) is 14.4 Å². The van der Waals surface area contributed by atoms with Gasteiger partial charge in [0, 0.05) is 38.8 Å². The molecular formula is C26H34N4O3. The number of piperazine rings is 1. The van der Waals surface area contributed by atoms with E-state index in [-0.39, 0.29) is 30.2 Å². The number of carbonyl (C=O) groups excluding carboxylic acids is 3. The smallest absolute Gasteiger partial charge is 0.238 e. The standard InChI is InChI=1S/C26H34N4O3/c1-18-8-10-22(11-9-18)23(27-21(4)31)16-25(33)30-14-12-29(13-15-30)17-24(32)28-26-19(2)6-5-7-20(26)3/h5-11,23H,12-17H2,1-4H3,(H,27,31)(H,28,32)/t23-/m0/s1. The molecule has 1 saturated heterocycles. The normalized spacial score (nSPS) is 15.1. The maximum absolute atomic E-state index is 13.0. The first-order chi connectivity index (χ1) is 15.7. The number of aryl methyl sites for hydroxylation is 3. The lowest BCUT2D eigenvalue weighted by molar-refractivity contribution is -0.133.